The van der Waals surface area contributed by atoms with E-state index in [4.69, 9.17) is 14.6 Å². The van der Waals surface area contributed by atoms with Crippen LogP contribution in [0, 0.1) is 0 Å². The van der Waals surface area contributed by atoms with Crippen molar-refractivity contribution in [3.63, 3.8) is 0 Å². The third-order valence-corrected chi connectivity index (χ3v) is 4.58. The molecule has 0 unspecified atom stereocenters. The molecule has 0 spiro atoms. The molecule has 4 rings (SSSR count). The van der Waals surface area contributed by atoms with Crippen molar-refractivity contribution in [2.45, 2.75) is 18.2 Å². The molecular formula is C18H20N4O4. The number of nitrogens with one attached hydrogen (secondary N) is 1. The smallest absolute Gasteiger partial charge is 0.354 e. The molecule has 0 aliphatic carbocycles. The van der Waals surface area contributed by atoms with Crippen LogP contribution >= 0.6 is 0 Å². The molecule has 8 nitrogen and oxygen atoms in total. The zero-order chi connectivity index (χ0) is 17.9. The van der Waals surface area contributed by atoms with E-state index in [1.165, 1.54) is 6.20 Å². The fraction of sp³-hybridized carbons (Fsp3) is 0.389. The zero-order valence-corrected chi connectivity index (χ0v) is 14.1. The second-order valence-corrected chi connectivity index (χ2v) is 6.41. The van der Waals surface area contributed by atoms with E-state index in [-0.39, 0.29) is 23.9 Å². The fourth-order valence-corrected chi connectivity index (χ4v) is 3.28. The van der Waals surface area contributed by atoms with Gasteiger partial charge in [0.2, 0.25) is 0 Å². The molecule has 2 N–H and O–H groups in total. The highest BCUT2D eigenvalue weighted by Crippen LogP contribution is 2.26. The van der Waals surface area contributed by atoms with Crippen LogP contribution < -0.4 is 10.2 Å². The molecule has 2 aromatic heterocycles. The van der Waals surface area contributed by atoms with Gasteiger partial charge in [-0.05, 0) is 24.3 Å². The van der Waals surface area contributed by atoms with E-state index in [9.17, 15) is 4.79 Å². The first-order chi connectivity index (χ1) is 12.7. The minimum Gasteiger partial charge on any atom is -0.477 e. The van der Waals surface area contributed by atoms with E-state index < -0.39 is 5.97 Å². The van der Waals surface area contributed by atoms with Gasteiger partial charge in [-0.25, -0.2) is 14.8 Å². The Balaban J connectivity index is 1.38. The van der Waals surface area contributed by atoms with Gasteiger partial charge >= 0.3 is 5.97 Å². The maximum Gasteiger partial charge on any atom is 0.354 e. The number of pyridine rings is 2. The zero-order valence-electron chi connectivity index (χ0n) is 14.1. The molecule has 0 saturated carbocycles. The molecule has 4 heterocycles. The summed E-state index contributed by atoms with van der Waals surface area (Å²) < 4.78 is 12.1. The van der Waals surface area contributed by atoms with Crippen LogP contribution in [-0.2, 0) is 9.47 Å². The Morgan fingerprint density at radius 2 is 1.88 bits per heavy atom. The predicted molar refractivity (Wildman–Crippen MR) is 94.5 cm³/mol. The molecule has 2 fully saturated rings. The number of anilines is 2. The summed E-state index contributed by atoms with van der Waals surface area (Å²) in [4.78, 5) is 21.3. The van der Waals surface area contributed by atoms with Gasteiger partial charge in [0.15, 0.2) is 0 Å². The van der Waals surface area contributed by atoms with Crippen molar-refractivity contribution < 1.29 is 19.4 Å². The summed E-state index contributed by atoms with van der Waals surface area (Å²) in [6.45, 7) is 2.37. The molecule has 2 aliphatic heterocycles. The first kappa shape index (κ1) is 16.7. The fourth-order valence-electron chi connectivity index (χ4n) is 3.28. The summed E-state index contributed by atoms with van der Waals surface area (Å²) >= 11 is 0. The predicted octanol–water partition coefficient (Wildman–Crippen LogP) is 1.26. The van der Waals surface area contributed by atoms with Crippen LogP contribution in [0.4, 0.5) is 11.5 Å². The maximum absolute atomic E-state index is 11.1. The molecule has 26 heavy (non-hydrogen) atoms. The van der Waals surface area contributed by atoms with Crippen molar-refractivity contribution in [1.29, 1.82) is 0 Å². The standard InChI is InChI=1S/C18H20N4O4/c23-18(24)14-7-13(4-6-19-14)22-8-15-16(9-22)26-11-12(10-25-15)21-17-3-1-2-5-20-17/h1-7,12,15-16H,8-11H2,(H,20,21)(H,23,24)/t15-,16-/m0/s1. The van der Waals surface area contributed by atoms with Crippen molar-refractivity contribution in [2.24, 2.45) is 0 Å². The second-order valence-electron chi connectivity index (χ2n) is 6.41. The van der Waals surface area contributed by atoms with Crippen LogP contribution in [0.25, 0.3) is 0 Å². The van der Waals surface area contributed by atoms with Gasteiger partial charge in [-0.2, -0.15) is 0 Å². The molecule has 2 aliphatic rings. The normalized spacial score (nSPS) is 23.3. The summed E-state index contributed by atoms with van der Waals surface area (Å²) in [6, 6.07) is 9.15. The topological polar surface area (TPSA) is 96.8 Å². The largest absolute Gasteiger partial charge is 0.477 e. The molecule has 2 aromatic rings. The molecule has 2 saturated heterocycles. The number of fused-ring (bicyclic) bond motifs is 1. The number of carboxylic acids is 1. The van der Waals surface area contributed by atoms with Gasteiger partial charge in [0.25, 0.3) is 0 Å². The van der Waals surface area contributed by atoms with Crippen LogP contribution in [0.3, 0.4) is 0 Å². The van der Waals surface area contributed by atoms with Crippen molar-refractivity contribution in [2.75, 3.05) is 36.5 Å². The van der Waals surface area contributed by atoms with E-state index in [1.54, 1.807) is 12.3 Å². The highest BCUT2D eigenvalue weighted by molar-refractivity contribution is 5.86. The highest BCUT2D eigenvalue weighted by atomic mass is 16.6. The van der Waals surface area contributed by atoms with Crippen LogP contribution in [0.15, 0.2) is 42.7 Å². The number of aromatic carboxylic acids is 1. The number of ether oxygens (including phenoxy) is 2. The van der Waals surface area contributed by atoms with Crippen molar-refractivity contribution in [1.82, 2.24) is 9.97 Å². The van der Waals surface area contributed by atoms with E-state index >= 15 is 0 Å². The van der Waals surface area contributed by atoms with Gasteiger partial charge < -0.3 is 24.8 Å². The molecule has 0 amide bonds. The lowest BCUT2D eigenvalue weighted by Crippen LogP contribution is -2.31. The van der Waals surface area contributed by atoms with Crippen molar-refractivity contribution in [3.8, 4) is 0 Å². The third kappa shape index (κ3) is 3.61. The lowest BCUT2D eigenvalue weighted by atomic mass is 10.3. The van der Waals surface area contributed by atoms with Crippen LogP contribution in [0.1, 0.15) is 10.5 Å². The quantitative estimate of drug-likeness (QED) is 0.845. The highest BCUT2D eigenvalue weighted by Gasteiger charge is 2.37. The third-order valence-electron chi connectivity index (χ3n) is 4.58. The van der Waals surface area contributed by atoms with Crippen molar-refractivity contribution >= 4 is 17.5 Å². The Morgan fingerprint density at radius 1 is 1.12 bits per heavy atom. The lowest BCUT2D eigenvalue weighted by molar-refractivity contribution is -0.00461. The summed E-state index contributed by atoms with van der Waals surface area (Å²) in [7, 11) is 0. The molecule has 8 heteroatoms. The summed E-state index contributed by atoms with van der Waals surface area (Å²) in [5.41, 5.74) is 0.858. The molecule has 136 valence electrons. The van der Waals surface area contributed by atoms with Crippen LogP contribution in [0.2, 0.25) is 0 Å². The molecule has 0 bridgehead atoms. The van der Waals surface area contributed by atoms with Gasteiger partial charge in [0.05, 0.1) is 19.3 Å². The number of nitrogens with zero attached hydrogens (tertiary/aromatic N) is 3. The minimum absolute atomic E-state index is 0.0380. The molecular weight excluding hydrogens is 336 g/mol. The Labute approximate surface area is 150 Å². The first-order valence-electron chi connectivity index (χ1n) is 8.54. The Hall–Kier alpha value is -2.71. The Kier molecular flexibility index (Phi) is 4.68. The van der Waals surface area contributed by atoms with Gasteiger partial charge in [0.1, 0.15) is 23.7 Å². The lowest BCUT2D eigenvalue weighted by Gasteiger charge is -2.21. The number of carboxylic acid groups (broad SMARTS) is 1. The minimum atomic E-state index is -1.03. The molecule has 2 atom stereocenters. The van der Waals surface area contributed by atoms with Gasteiger partial charge in [-0.15, -0.1) is 0 Å². The molecule has 0 aromatic carbocycles. The van der Waals surface area contributed by atoms with E-state index in [0.717, 1.165) is 11.5 Å². The summed E-state index contributed by atoms with van der Waals surface area (Å²) in [5, 5.41) is 12.4. The van der Waals surface area contributed by atoms with Crippen LogP contribution in [0.5, 0.6) is 0 Å². The monoisotopic (exact) mass is 356 g/mol. The van der Waals surface area contributed by atoms with Gasteiger partial charge in [-0.1, -0.05) is 6.07 Å². The van der Waals surface area contributed by atoms with E-state index in [1.807, 2.05) is 24.3 Å². The number of hydrogen-bond acceptors (Lipinski definition) is 7. The average Bonchev–Trinajstić information content (AvgIpc) is 2.99. The maximum atomic E-state index is 11.1. The summed E-state index contributed by atoms with van der Waals surface area (Å²) in [5.74, 6) is -0.229. The number of aromatic nitrogens is 2. The Morgan fingerprint density at radius 3 is 2.54 bits per heavy atom. The number of rotatable bonds is 4. The number of hydrogen-bond donors (Lipinski definition) is 2. The second kappa shape index (κ2) is 7.27. The summed E-state index contributed by atoms with van der Waals surface area (Å²) in [6.07, 6.45) is 3.16. The average molecular weight is 356 g/mol. The Bertz CT molecular complexity index is 757. The van der Waals surface area contributed by atoms with E-state index in [0.29, 0.717) is 26.3 Å². The molecule has 0 radical (unpaired) electrons. The van der Waals surface area contributed by atoms with Gasteiger partial charge in [0, 0.05) is 31.2 Å². The first-order valence-corrected chi connectivity index (χ1v) is 8.54. The van der Waals surface area contributed by atoms with E-state index in [2.05, 4.69) is 20.2 Å². The van der Waals surface area contributed by atoms with Crippen molar-refractivity contribution in [3.05, 3.63) is 48.4 Å². The number of carbonyl (C=O) groups is 1. The van der Waals surface area contributed by atoms with Crippen LogP contribution in [-0.4, -0.2) is 65.6 Å². The van der Waals surface area contributed by atoms with Gasteiger partial charge in [-0.3, -0.25) is 0 Å². The SMILES string of the molecule is O=C(O)c1cc(N2C[C@@H]3OCC(Nc4ccccn4)CO[C@H]3C2)ccn1.